The summed E-state index contributed by atoms with van der Waals surface area (Å²) in [4.78, 5) is 1.26. The summed E-state index contributed by atoms with van der Waals surface area (Å²) in [5, 5.41) is 3.17. The fourth-order valence-electron chi connectivity index (χ4n) is 1.17. The first-order valence-electron chi connectivity index (χ1n) is 3.55. The molecule has 2 rings (SSSR count). The Balaban J connectivity index is 2.43. The Morgan fingerprint density at radius 2 is 2.36 bits per heavy atom. The van der Waals surface area contributed by atoms with Crippen molar-refractivity contribution in [1.29, 1.82) is 0 Å². The zero-order valence-corrected chi connectivity index (χ0v) is 7.11. The topological polar surface area (TPSA) is 38.0 Å². The zero-order chi connectivity index (χ0) is 7.84. The van der Waals surface area contributed by atoms with Gasteiger partial charge in [0.2, 0.25) is 0 Å². The van der Waals surface area contributed by atoms with Crippen molar-refractivity contribution in [3.05, 3.63) is 23.8 Å². The zero-order valence-electron chi connectivity index (χ0n) is 6.29. The molecule has 1 aliphatic heterocycles. The van der Waals surface area contributed by atoms with E-state index in [1.165, 1.54) is 10.5 Å². The average molecular weight is 166 g/mol. The van der Waals surface area contributed by atoms with E-state index in [9.17, 15) is 0 Å². The van der Waals surface area contributed by atoms with E-state index in [4.69, 9.17) is 5.73 Å². The van der Waals surface area contributed by atoms with Crippen LogP contribution in [0.25, 0.3) is 0 Å². The molecule has 0 amide bonds. The molecule has 0 saturated heterocycles. The lowest BCUT2D eigenvalue weighted by atomic mass is 10.2. The minimum absolute atomic E-state index is 0.0341. The molecule has 3 heteroatoms. The second-order valence-corrected chi connectivity index (χ2v) is 3.87. The second kappa shape index (κ2) is 2.43. The van der Waals surface area contributed by atoms with Crippen molar-refractivity contribution in [2.75, 3.05) is 5.32 Å². The molecule has 0 fully saturated rings. The third-order valence-electron chi connectivity index (χ3n) is 1.69. The Kier molecular flexibility index (Phi) is 1.55. The lowest BCUT2D eigenvalue weighted by molar-refractivity contribution is 1.08. The van der Waals surface area contributed by atoms with Crippen molar-refractivity contribution in [3.8, 4) is 0 Å². The van der Waals surface area contributed by atoms with Crippen LogP contribution in [0.15, 0.2) is 23.1 Å². The molecule has 1 aromatic rings. The fourth-order valence-corrected chi connectivity index (χ4v) is 2.13. The largest absolute Gasteiger partial charge is 0.360 e. The number of rotatable bonds is 0. The standard InChI is InChI=1S/C8H10N2S/c1-5-2-3-6-7(4-5)11-8(9)10-6/h2-4,8,10H,9H2,1H3. The molecule has 1 aliphatic rings. The number of thioether (sulfide) groups is 1. The van der Waals surface area contributed by atoms with E-state index in [-0.39, 0.29) is 5.50 Å². The lowest BCUT2D eigenvalue weighted by Crippen LogP contribution is -2.20. The molecule has 0 aromatic heterocycles. The number of hydrogen-bond donors (Lipinski definition) is 2. The minimum Gasteiger partial charge on any atom is -0.360 e. The van der Waals surface area contributed by atoms with E-state index in [1.54, 1.807) is 11.8 Å². The van der Waals surface area contributed by atoms with Crippen molar-refractivity contribution in [2.45, 2.75) is 17.3 Å². The van der Waals surface area contributed by atoms with Gasteiger partial charge in [-0.15, -0.1) is 0 Å². The number of nitrogens with one attached hydrogen (secondary N) is 1. The molecule has 1 aromatic carbocycles. The SMILES string of the molecule is Cc1ccc2c(c1)SC(N)N2. The van der Waals surface area contributed by atoms with Gasteiger partial charge in [-0.2, -0.15) is 0 Å². The number of anilines is 1. The third-order valence-corrected chi connectivity index (χ3v) is 2.65. The number of hydrogen-bond acceptors (Lipinski definition) is 3. The lowest BCUT2D eigenvalue weighted by Gasteiger charge is -1.99. The van der Waals surface area contributed by atoms with Crippen molar-refractivity contribution in [3.63, 3.8) is 0 Å². The molecule has 1 unspecified atom stereocenters. The predicted octanol–water partition coefficient (Wildman–Crippen LogP) is 1.75. The van der Waals surface area contributed by atoms with Gasteiger partial charge in [0.1, 0.15) is 5.50 Å². The molecule has 2 nitrogen and oxygen atoms in total. The fraction of sp³-hybridized carbons (Fsp3) is 0.250. The molecular formula is C8H10N2S. The highest BCUT2D eigenvalue weighted by molar-refractivity contribution is 8.00. The summed E-state index contributed by atoms with van der Waals surface area (Å²) in [6, 6.07) is 6.31. The molecule has 3 N–H and O–H groups in total. The summed E-state index contributed by atoms with van der Waals surface area (Å²) in [7, 11) is 0. The van der Waals surface area contributed by atoms with Gasteiger partial charge in [-0.3, -0.25) is 0 Å². The first-order chi connectivity index (χ1) is 5.25. The minimum atomic E-state index is 0.0341. The summed E-state index contributed by atoms with van der Waals surface area (Å²) < 4.78 is 0. The van der Waals surface area contributed by atoms with E-state index in [0.29, 0.717) is 0 Å². The first kappa shape index (κ1) is 7.00. The Morgan fingerprint density at radius 3 is 3.18 bits per heavy atom. The average Bonchev–Trinajstić information content (AvgIpc) is 2.27. The number of aryl methyl sites for hydroxylation is 1. The Hall–Kier alpha value is -0.670. The molecule has 1 atom stereocenters. The molecule has 0 bridgehead atoms. The maximum atomic E-state index is 5.69. The first-order valence-corrected chi connectivity index (χ1v) is 4.43. The molecule has 58 valence electrons. The van der Waals surface area contributed by atoms with E-state index >= 15 is 0 Å². The van der Waals surface area contributed by atoms with Gasteiger partial charge in [-0.1, -0.05) is 17.8 Å². The summed E-state index contributed by atoms with van der Waals surface area (Å²) in [5.41, 5.74) is 8.17. The highest BCUT2D eigenvalue weighted by Gasteiger charge is 2.16. The number of fused-ring (bicyclic) bond motifs is 1. The quantitative estimate of drug-likeness (QED) is 0.616. The third kappa shape index (κ3) is 1.21. The van der Waals surface area contributed by atoms with Crippen molar-refractivity contribution >= 4 is 17.4 Å². The molecule has 0 saturated carbocycles. The van der Waals surface area contributed by atoms with E-state index in [1.807, 2.05) is 0 Å². The monoisotopic (exact) mass is 166 g/mol. The van der Waals surface area contributed by atoms with Crippen molar-refractivity contribution in [2.24, 2.45) is 5.73 Å². The van der Waals surface area contributed by atoms with E-state index in [2.05, 4.69) is 30.4 Å². The molecule has 0 aliphatic carbocycles. The van der Waals surface area contributed by atoms with Crippen LogP contribution in [0.5, 0.6) is 0 Å². The summed E-state index contributed by atoms with van der Waals surface area (Å²) in [6.07, 6.45) is 0. The van der Waals surface area contributed by atoms with Gasteiger partial charge in [0, 0.05) is 10.6 Å². The molecule has 0 spiro atoms. The maximum Gasteiger partial charge on any atom is 0.127 e. The maximum absolute atomic E-state index is 5.69. The van der Waals surface area contributed by atoms with Crippen LogP contribution in [-0.4, -0.2) is 5.50 Å². The highest BCUT2D eigenvalue weighted by Crippen LogP contribution is 2.36. The van der Waals surface area contributed by atoms with Gasteiger partial charge in [-0.25, -0.2) is 0 Å². The summed E-state index contributed by atoms with van der Waals surface area (Å²) in [6.45, 7) is 2.09. The van der Waals surface area contributed by atoms with Crippen LogP contribution < -0.4 is 11.1 Å². The number of benzene rings is 1. The van der Waals surface area contributed by atoms with E-state index in [0.717, 1.165) is 5.69 Å². The molecule has 11 heavy (non-hydrogen) atoms. The Bertz CT molecular complexity index is 285. The second-order valence-electron chi connectivity index (χ2n) is 2.68. The normalized spacial score (nSPS) is 21.1. The summed E-state index contributed by atoms with van der Waals surface area (Å²) >= 11 is 1.67. The van der Waals surface area contributed by atoms with E-state index < -0.39 is 0 Å². The summed E-state index contributed by atoms with van der Waals surface area (Å²) in [5.74, 6) is 0. The van der Waals surface area contributed by atoms with Crippen LogP contribution in [0.2, 0.25) is 0 Å². The van der Waals surface area contributed by atoms with Crippen LogP contribution in [0.1, 0.15) is 5.56 Å². The van der Waals surface area contributed by atoms with Gasteiger partial charge >= 0.3 is 0 Å². The molecule has 0 radical (unpaired) electrons. The van der Waals surface area contributed by atoms with Gasteiger partial charge in [0.25, 0.3) is 0 Å². The van der Waals surface area contributed by atoms with Gasteiger partial charge < -0.3 is 11.1 Å². The van der Waals surface area contributed by atoms with Gasteiger partial charge in [-0.05, 0) is 24.6 Å². The van der Waals surface area contributed by atoms with Crippen LogP contribution >= 0.6 is 11.8 Å². The predicted molar refractivity (Wildman–Crippen MR) is 48.6 cm³/mol. The van der Waals surface area contributed by atoms with Gasteiger partial charge in [0.15, 0.2) is 0 Å². The Morgan fingerprint density at radius 1 is 1.55 bits per heavy atom. The Labute approximate surface area is 70.2 Å². The molecular weight excluding hydrogens is 156 g/mol. The van der Waals surface area contributed by atoms with Gasteiger partial charge in [0.05, 0.1) is 0 Å². The van der Waals surface area contributed by atoms with Crippen molar-refractivity contribution < 1.29 is 0 Å². The van der Waals surface area contributed by atoms with Crippen LogP contribution in [0, 0.1) is 6.92 Å². The smallest absolute Gasteiger partial charge is 0.127 e. The highest BCUT2D eigenvalue weighted by atomic mass is 32.2. The number of nitrogens with two attached hydrogens (primary N) is 1. The van der Waals surface area contributed by atoms with Crippen molar-refractivity contribution in [1.82, 2.24) is 0 Å². The van der Waals surface area contributed by atoms with Crippen LogP contribution in [-0.2, 0) is 0 Å². The van der Waals surface area contributed by atoms with Crippen LogP contribution in [0.4, 0.5) is 5.69 Å². The van der Waals surface area contributed by atoms with Crippen LogP contribution in [0.3, 0.4) is 0 Å². The molecule has 1 heterocycles.